The van der Waals surface area contributed by atoms with E-state index in [1.807, 2.05) is 57.2 Å². The van der Waals surface area contributed by atoms with Crippen molar-refractivity contribution in [3.8, 4) is 5.75 Å². The minimum atomic E-state index is -3.45. The molecule has 1 amide bonds. The van der Waals surface area contributed by atoms with Crippen LogP contribution in [0, 0.1) is 13.8 Å². The zero-order valence-corrected chi connectivity index (χ0v) is 18.5. The fourth-order valence-corrected chi connectivity index (χ4v) is 4.29. The van der Waals surface area contributed by atoms with Gasteiger partial charge in [0.1, 0.15) is 5.75 Å². The lowest BCUT2D eigenvalue weighted by Crippen LogP contribution is -2.33. The van der Waals surface area contributed by atoms with Gasteiger partial charge < -0.3 is 10.1 Å². The molecule has 1 atom stereocenters. The molecule has 1 N–H and O–H groups in total. The van der Waals surface area contributed by atoms with Crippen LogP contribution < -0.4 is 14.4 Å². The molecule has 0 fully saturated rings. The fourth-order valence-electron chi connectivity index (χ4n) is 3.27. The first-order valence-corrected chi connectivity index (χ1v) is 11.5. The number of carbonyl (C=O) groups excluding carboxylic acids is 1. The zero-order chi connectivity index (χ0) is 21.6. The molecule has 2 aromatic rings. The standard InChI is InChI=1S/C22H30N2O4S/c1-16-10-8-12-20(17(16)2)24(29(5,26)27)15-9-14-22(25)23-18(3)19-11-6-7-13-21(19)28-4/h6-8,10-13,18H,9,14-15H2,1-5H3,(H,23,25)/t18-/m0/s1. The van der Waals surface area contributed by atoms with Gasteiger partial charge in [-0.15, -0.1) is 0 Å². The molecule has 2 rings (SSSR count). The van der Waals surface area contributed by atoms with Gasteiger partial charge in [-0.05, 0) is 50.5 Å². The molecule has 0 aromatic heterocycles. The Hall–Kier alpha value is -2.54. The van der Waals surface area contributed by atoms with E-state index in [4.69, 9.17) is 4.74 Å². The third-order valence-corrected chi connectivity index (χ3v) is 6.17. The van der Waals surface area contributed by atoms with Gasteiger partial charge in [-0.2, -0.15) is 0 Å². The summed E-state index contributed by atoms with van der Waals surface area (Å²) in [6.45, 7) is 6.00. The summed E-state index contributed by atoms with van der Waals surface area (Å²) < 4.78 is 31.4. The molecule has 29 heavy (non-hydrogen) atoms. The van der Waals surface area contributed by atoms with Crippen molar-refractivity contribution < 1.29 is 17.9 Å². The molecule has 0 saturated heterocycles. The molecule has 2 aromatic carbocycles. The highest BCUT2D eigenvalue weighted by molar-refractivity contribution is 7.92. The van der Waals surface area contributed by atoms with Crippen LogP contribution in [0.15, 0.2) is 42.5 Å². The van der Waals surface area contributed by atoms with E-state index >= 15 is 0 Å². The molecule has 158 valence electrons. The lowest BCUT2D eigenvalue weighted by molar-refractivity contribution is -0.121. The predicted octanol–water partition coefficient (Wildman–Crippen LogP) is 3.74. The van der Waals surface area contributed by atoms with Gasteiger partial charge >= 0.3 is 0 Å². The molecule has 0 saturated carbocycles. The second kappa shape index (κ2) is 9.78. The van der Waals surface area contributed by atoms with Gasteiger partial charge in [0.15, 0.2) is 0 Å². The van der Waals surface area contributed by atoms with E-state index in [2.05, 4.69) is 5.32 Å². The number of amides is 1. The van der Waals surface area contributed by atoms with Crippen LogP contribution in [0.3, 0.4) is 0 Å². The van der Waals surface area contributed by atoms with E-state index in [-0.39, 0.29) is 24.9 Å². The van der Waals surface area contributed by atoms with Crippen LogP contribution in [0.25, 0.3) is 0 Å². The molecule has 0 bridgehead atoms. The van der Waals surface area contributed by atoms with Crippen LogP contribution in [0.2, 0.25) is 0 Å². The summed E-state index contributed by atoms with van der Waals surface area (Å²) in [7, 11) is -1.85. The number of ether oxygens (including phenoxy) is 1. The zero-order valence-electron chi connectivity index (χ0n) is 17.7. The Morgan fingerprint density at radius 1 is 1.14 bits per heavy atom. The molecule has 0 unspecified atom stereocenters. The number of benzene rings is 2. The number of hydrogen-bond donors (Lipinski definition) is 1. The Labute approximate surface area is 173 Å². The fraction of sp³-hybridized carbons (Fsp3) is 0.409. The Morgan fingerprint density at radius 2 is 1.83 bits per heavy atom. The maximum Gasteiger partial charge on any atom is 0.232 e. The van der Waals surface area contributed by atoms with Crippen LogP contribution >= 0.6 is 0 Å². The molecular weight excluding hydrogens is 388 g/mol. The number of anilines is 1. The van der Waals surface area contributed by atoms with Crippen molar-refractivity contribution in [1.82, 2.24) is 5.32 Å². The number of sulfonamides is 1. The van der Waals surface area contributed by atoms with E-state index in [1.54, 1.807) is 13.2 Å². The van der Waals surface area contributed by atoms with Gasteiger partial charge in [0.05, 0.1) is 25.1 Å². The summed E-state index contributed by atoms with van der Waals surface area (Å²) in [4.78, 5) is 12.4. The Balaban J connectivity index is 2.01. The largest absolute Gasteiger partial charge is 0.496 e. The SMILES string of the molecule is COc1ccccc1[C@H](C)NC(=O)CCCN(c1cccc(C)c1C)S(C)(=O)=O. The van der Waals surface area contributed by atoms with Crippen LogP contribution in [0.4, 0.5) is 5.69 Å². The monoisotopic (exact) mass is 418 g/mol. The predicted molar refractivity (Wildman–Crippen MR) is 117 cm³/mol. The average molecular weight is 419 g/mol. The summed E-state index contributed by atoms with van der Waals surface area (Å²) in [5.41, 5.74) is 3.51. The van der Waals surface area contributed by atoms with Gasteiger partial charge in [-0.3, -0.25) is 9.10 Å². The van der Waals surface area contributed by atoms with Gasteiger partial charge in [-0.1, -0.05) is 30.3 Å². The summed E-state index contributed by atoms with van der Waals surface area (Å²) in [6.07, 6.45) is 1.85. The first-order valence-electron chi connectivity index (χ1n) is 9.61. The van der Waals surface area contributed by atoms with Crippen LogP contribution in [-0.2, 0) is 14.8 Å². The topological polar surface area (TPSA) is 75.7 Å². The van der Waals surface area contributed by atoms with E-state index in [9.17, 15) is 13.2 Å². The highest BCUT2D eigenvalue weighted by Gasteiger charge is 2.20. The lowest BCUT2D eigenvalue weighted by Gasteiger charge is -2.25. The second-order valence-corrected chi connectivity index (χ2v) is 9.10. The Bertz CT molecular complexity index is 957. The maximum atomic E-state index is 12.4. The molecule has 0 spiro atoms. The van der Waals surface area contributed by atoms with Crippen LogP contribution in [-0.4, -0.2) is 34.2 Å². The van der Waals surface area contributed by atoms with Crippen LogP contribution in [0.5, 0.6) is 5.75 Å². The third-order valence-electron chi connectivity index (χ3n) is 4.99. The number of nitrogens with one attached hydrogen (secondary N) is 1. The van der Waals surface area contributed by atoms with Crippen molar-refractivity contribution in [1.29, 1.82) is 0 Å². The summed E-state index contributed by atoms with van der Waals surface area (Å²) in [5.74, 6) is 0.594. The number of carbonyl (C=O) groups is 1. The number of aryl methyl sites for hydroxylation is 1. The molecule has 0 radical (unpaired) electrons. The smallest absolute Gasteiger partial charge is 0.232 e. The summed E-state index contributed by atoms with van der Waals surface area (Å²) in [6, 6.07) is 12.9. The first-order chi connectivity index (χ1) is 13.6. The minimum Gasteiger partial charge on any atom is -0.496 e. The van der Waals surface area contributed by atoms with Crippen molar-refractivity contribution in [2.24, 2.45) is 0 Å². The minimum absolute atomic E-state index is 0.127. The molecule has 0 aliphatic heterocycles. The third kappa shape index (κ3) is 5.97. The highest BCUT2D eigenvalue weighted by Crippen LogP contribution is 2.26. The molecule has 0 aliphatic carbocycles. The quantitative estimate of drug-likeness (QED) is 0.673. The van der Waals surface area contributed by atoms with Crippen molar-refractivity contribution in [2.45, 2.75) is 39.7 Å². The van der Waals surface area contributed by atoms with Crippen LogP contribution in [0.1, 0.15) is 42.5 Å². The van der Waals surface area contributed by atoms with Gasteiger partial charge in [0, 0.05) is 18.5 Å². The maximum absolute atomic E-state index is 12.4. The number of rotatable bonds is 9. The summed E-state index contributed by atoms with van der Waals surface area (Å²) in [5, 5.41) is 2.96. The molecule has 6 nitrogen and oxygen atoms in total. The van der Waals surface area contributed by atoms with Crippen molar-refractivity contribution >= 4 is 21.6 Å². The number of hydrogen-bond acceptors (Lipinski definition) is 4. The van der Waals surface area contributed by atoms with Crippen molar-refractivity contribution in [3.05, 3.63) is 59.2 Å². The van der Waals surface area contributed by atoms with Crippen molar-refractivity contribution in [2.75, 3.05) is 24.2 Å². The lowest BCUT2D eigenvalue weighted by atomic mass is 10.1. The first kappa shape index (κ1) is 22.7. The molecule has 0 aliphatic rings. The molecule has 0 heterocycles. The number of nitrogens with zero attached hydrogens (tertiary/aromatic N) is 1. The van der Waals surface area contributed by atoms with Gasteiger partial charge in [-0.25, -0.2) is 8.42 Å². The molecular formula is C22H30N2O4S. The number of methoxy groups -OCH3 is 1. The second-order valence-electron chi connectivity index (χ2n) is 7.19. The normalized spacial score (nSPS) is 12.3. The van der Waals surface area contributed by atoms with E-state index < -0.39 is 10.0 Å². The van der Waals surface area contributed by atoms with Gasteiger partial charge in [0.2, 0.25) is 15.9 Å². The van der Waals surface area contributed by atoms with E-state index in [0.29, 0.717) is 12.1 Å². The van der Waals surface area contributed by atoms with Gasteiger partial charge in [0.25, 0.3) is 0 Å². The Morgan fingerprint density at radius 3 is 2.48 bits per heavy atom. The summed E-state index contributed by atoms with van der Waals surface area (Å²) >= 11 is 0. The van der Waals surface area contributed by atoms with E-state index in [0.717, 1.165) is 22.4 Å². The van der Waals surface area contributed by atoms with Crippen molar-refractivity contribution in [3.63, 3.8) is 0 Å². The van der Waals surface area contributed by atoms with E-state index in [1.165, 1.54) is 10.6 Å². The average Bonchev–Trinajstić information content (AvgIpc) is 2.66. The number of para-hydroxylation sites is 1. The Kier molecular flexibility index (Phi) is 7.67. The highest BCUT2D eigenvalue weighted by atomic mass is 32.2. The molecule has 7 heteroatoms.